The number of amides is 2. The lowest BCUT2D eigenvalue weighted by atomic mass is 9.80. The van der Waals surface area contributed by atoms with Gasteiger partial charge in [-0.2, -0.15) is 12.6 Å². The van der Waals surface area contributed by atoms with E-state index in [4.69, 9.17) is 5.73 Å². The Kier molecular flexibility index (Phi) is 7.54. The number of nitrogens with one attached hydrogen (secondary N) is 1. The van der Waals surface area contributed by atoms with Crippen LogP contribution in [0.15, 0.2) is 35.8 Å². The molecule has 7 heteroatoms. The van der Waals surface area contributed by atoms with Crippen molar-refractivity contribution in [3.8, 4) is 0 Å². The number of benzene rings is 1. The van der Waals surface area contributed by atoms with Gasteiger partial charge < -0.3 is 15.9 Å². The van der Waals surface area contributed by atoms with E-state index < -0.39 is 12.1 Å². The quantitative estimate of drug-likeness (QED) is 0.466. The van der Waals surface area contributed by atoms with Gasteiger partial charge in [0.05, 0.1) is 6.04 Å². The van der Waals surface area contributed by atoms with Crippen molar-refractivity contribution >= 4 is 44.5 Å². The normalized spacial score (nSPS) is 19.3. The van der Waals surface area contributed by atoms with Crippen LogP contribution < -0.4 is 21.4 Å². The third-order valence-corrected chi connectivity index (χ3v) is 4.98. The van der Waals surface area contributed by atoms with Gasteiger partial charge in [0.2, 0.25) is 11.8 Å². The molecule has 2 atom stereocenters. The minimum atomic E-state index is -0.667. The van der Waals surface area contributed by atoms with Crippen molar-refractivity contribution in [2.75, 3.05) is 12.3 Å². The number of nitrogens with two attached hydrogens (primary N) is 1. The number of hydrogen-bond donors (Lipinski definition) is 3. The Bertz CT molecular complexity index is 796. The fourth-order valence-corrected chi connectivity index (χ4v) is 3.17. The third-order valence-electron chi connectivity index (χ3n) is 4.59. The SMILES string of the molecule is C=c1cccc/c1=C/C(BNC(=O)[C@@H]1CCCN1C(=O)[C@H](N)CS)=C\C. The molecule has 1 aromatic rings. The third kappa shape index (κ3) is 5.02. The molecule has 138 valence electrons. The number of rotatable bonds is 6. The summed E-state index contributed by atoms with van der Waals surface area (Å²) in [7, 11) is 0.404. The lowest BCUT2D eigenvalue weighted by Gasteiger charge is -2.26. The fraction of sp³-hybridized carbons (Fsp3) is 0.368. The monoisotopic (exact) mass is 371 g/mol. The Morgan fingerprint density at radius 1 is 1.50 bits per heavy atom. The van der Waals surface area contributed by atoms with Crippen molar-refractivity contribution in [2.45, 2.75) is 31.8 Å². The van der Waals surface area contributed by atoms with E-state index in [2.05, 4.69) is 24.4 Å². The van der Waals surface area contributed by atoms with Gasteiger partial charge in [-0.05, 0) is 30.2 Å². The van der Waals surface area contributed by atoms with E-state index in [1.54, 1.807) is 4.90 Å². The van der Waals surface area contributed by atoms with E-state index in [1.165, 1.54) is 0 Å². The Hall–Kier alpha value is -1.99. The molecular weight excluding hydrogens is 345 g/mol. The van der Waals surface area contributed by atoms with Crippen LogP contribution in [0.4, 0.5) is 0 Å². The zero-order valence-electron chi connectivity index (χ0n) is 15.1. The molecule has 0 saturated carbocycles. The summed E-state index contributed by atoms with van der Waals surface area (Å²) in [6.07, 6.45) is 5.44. The summed E-state index contributed by atoms with van der Waals surface area (Å²) in [4.78, 5) is 26.5. The van der Waals surface area contributed by atoms with Crippen LogP contribution in [0.3, 0.4) is 0 Å². The zero-order valence-corrected chi connectivity index (χ0v) is 16.0. The average Bonchev–Trinajstić information content (AvgIpc) is 3.14. The van der Waals surface area contributed by atoms with Crippen molar-refractivity contribution in [2.24, 2.45) is 5.73 Å². The Labute approximate surface area is 160 Å². The number of carbonyl (C=O) groups excluding carboxylic acids is 2. The summed E-state index contributed by atoms with van der Waals surface area (Å²) in [5.74, 6) is -0.0782. The molecule has 1 aliphatic rings. The number of thiol groups is 1. The van der Waals surface area contributed by atoms with Crippen LogP contribution in [-0.2, 0) is 9.59 Å². The molecule has 5 nitrogen and oxygen atoms in total. The van der Waals surface area contributed by atoms with Gasteiger partial charge in [0.15, 0.2) is 0 Å². The smallest absolute Gasteiger partial charge is 0.269 e. The maximum atomic E-state index is 12.6. The molecule has 0 unspecified atom stereocenters. The van der Waals surface area contributed by atoms with Crippen LogP contribution in [0.1, 0.15) is 19.8 Å². The minimum absolute atomic E-state index is 0.141. The second-order valence-electron chi connectivity index (χ2n) is 6.40. The topological polar surface area (TPSA) is 75.4 Å². The number of carbonyl (C=O) groups is 2. The number of likely N-dealkylation sites (tertiary alicyclic amines) is 1. The largest absolute Gasteiger partial charge is 0.396 e. The molecule has 1 fully saturated rings. The first kappa shape index (κ1) is 20.3. The fourth-order valence-electron chi connectivity index (χ4n) is 3.01. The van der Waals surface area contributed by atoms with Crippen molar-refractivity contribution in [3.05, 3.63) is 46.3 Å². The molecule has 0 aromatic heterocycles. The summed E-state index contributed by atoms with van der Waals surface area (Å²) in [6, 6.07) is 6.72. The van der Waals surface area contributed by atoms with Crippen LogP contribution in [0, 0.1) is 0 Å². The van der Waals surface area contributed by atoms with E-state index in [0.29, 0.717) is 20.4 Å². The van der Waals surface area contributed by atoms with Crippen molar-refractivity contribution in [1.29, 1.82) is 0 Å². The second-order valence-corrected chi connectivity index (χ2v) is 6.77. The Morgan fingerprint density at radius 2 is 2.23 bits per heavy atom. The van der Waals surface area contributed by atoms with Crippen LogP contribution in [-0.4, -0.2) is 48.5 Å². The minimum Gasteiger partial charge on any atom is -0.396 e. The highest BCUT2D eigenvalue weighted by Crippen LogP contribution is 2.18. The highest BCUT2D eigenvalue weighted by atomic mass is 32.1. The lowest BCUT2D eigenvalue weighted by Crippen LogP contribution is -2.52. The van der Waals surface area contributed by atoms with Gasteiger partial charge in [-0.1, -0.05) is 48.5 Å². The Balaban J connectivity index is 2.03. The molecule has 0 aliphatic carbocycles. The van der Waals surface area contributed by atoms with E-state index in [1.807, 2.05) is 43.3 Å². The van der Waals surface area contributed by atoms with Crippen LogP contribution in [0.25, 0.3) is 12.7 Å². The number of nitrogens with zero attached hydrogens (tertiary/aromatic N) is 1. The predicted molar refractivity (Wildman–Crippen MR) is 111 cm³/mol. The lowest BCUT2D eigenvalue weighted by molar-refractivity contribution is -0.138. The molecule has 1 saturated heterocycles. The second kappa shape index (κ2) is 9.64. The van der Waals surface area contributed by atoms with Gasteiger partial charge in [0, 0.05) is 12.3 Å². The number of allylic oxidation sites excluding steroid dienone is 2. The van der Waals surface area contributed by atoms with Crippen LogP contribution >= 0.6 is 12.6 Å². The summed E-state index contributed by atoms with van der Waals surface area (Å²) in [5.41, 5.74) is 6.77. The van der Waals surface area contributed by atoms with Gasteiger partial charge in [0.25, 0.3) is 7.41 Å². The standard InChI is InChI=1S/C19H26BN3O2S/c1-3-15(11-14-8-5-4-7-13(14)2)20-22-18(24)17-9-6-10-23(17)19(25)16(21)12-26/h3-5,7-8,11,16-17,20,26H,2,6,9-10,12,21H2,1H3,(H,22,24)/b14-11-,15-3+/t16-,17+/m1/s1. The van der Waals surface area contributed by atoms with Crippen molar-refractivity contribution in [1.82, 2.24) is 10.1 Å². The molecule has 1 aromatic carbocycles. The van der Waals surface area contributed by atoms with E-state index in [-0.39, 0.29) is 17.6 Å². The molecule has 1 aliphatic heterocycles. The molecule has 1 heterocycles. The predicted octanol–water partition coefficient (Wildman–Crippen LogP) is -0.503. The summed E-state index contributed by atoms with van der Waals surface area (Å²) in [5, 5.41) is 4.90. The molecule has 2 rings (SSSR count). The van der Waals surface area contributed by atoms with Crippen LogP contribution in [0.2, 0.25) is 0 Å². The average molecular weight is 371 g/mol. The molecule has 0 spiro atoms. The molecule has 26 heavy (non-hydrogen) atoms. The molecule has 3 N–H and O–H groups in total. The first-order valence-corrected chi connectivity index (χ1v) is 9.46. The number of hydrogen-bond acceptors (Lipinski definition) is 4. The first-order valence-electron chi connectivity index (χ1n) is 8.83. The first-order chi connectivity index (χ1) is 12.5. The van der Waals surface area contributed by atoms with Gasteiger partial charge >= 0.3 is 0 Å². The maximum absolute atomic E-state index is 12.6. The molecule has 0 bridgehead atoms. The van der Waals surface area contributed by atoms with E-state index in [0.717, 1.165) is 22.3 Å². The summed E-state index contributed by atoms with van der Waals surface area (Å²) < 4.78 is 0. The van der Waals surface area contributed by atoms with E-state index >= 15 is 0 Å². The Morgan fingerprint density at radius 3 is 2.88 bits per heavy atom. The van der Waals surface area contributed by atoms with Gasteiger partial charge in [-0.25, -0.2) is 0 Å². The van der Waals surface area contributed by atoms with Gasteiger partial charge in [-0.15, -0.1) is 0 Å². The molecule has 0 radical (unpaired) electrons. The van der Waals surface area contributed by atoms with Crippen LogP contribution in [0.5, 0.6) is 0 Å². The van der Waals surface area contributed by atoms with Gasteiger partial charge in [-0.3, -0.25) is 9.59 Å². The molecular formula is C19H26BN3O2S. The highest BCUT2D eigenvalue weighted by molar-refractivity contribution is 7.80. The maximum Gasteiger partial charge on any atom is 0.269 e. The zero-order chi connectivity index (χ0) is 19.1. The highest BCUT2D eigenvalue weighted by Gasteiger charge is 2.35. The summed E-state index contributed by atoms with van der Waals surface area (Å²) >= 11 is 4.08. The van der Waals surface area contributed by atoms with Gasteiger partial charge in [0.1, 0.15) is 6.04 Å². The van der Waals surface area contributed by atoms with Crippen molar-refractivity contribution in [3.63, 3.8) is 0 Å². The molecule has 2 amide bonds. The van der Waals surface area contributed by atoms with E-state index in [9.17, 15) is 9.59 Å². The summed E-state index contributed by atoms with van der Waals surface area (Å²) in [6.45, 7) is 6.51. The van der Waals surface area contributed by atoms with Crippen molar-refractivity contribution < 1.29 is 9.59 Å².